The number of carbonyl (C=O) groups excluding carboxylic acids is 1. The maximum Gasteiger partial charge on any atom is 0.240 e. The number of Topliss-reactive ketones (excluding diaryl/α,β-unsaturated/α-hetero) is 1. The normalized spacial score (nSPS) is 19.8. The summed E-state index contributed by atoms with van der Waals surface area (Å²) in [4.78, 5) is 11.4. The molecule has 1 aliphatic heterocycles. The number of sulfonamides is 1. The first-order chi connectivity index (χ1) is 9.49. The minimum Gasteiger partial charge on any atom is -0.313 e. The zero-order valence-electron chi connectivity index (χ0n) is 11.6. The summed E-state index contributed by atoms with van der Waals surface area (Å²) in [7, 11) is -3.56. The van der Waals surface area contributed by atoms with Gasteiger partial charge in [-0.3, -0.25) is 4.79 Å². The maximum absolute atomic E-state index is 12.2. The number of hydrogen-bond acceptors (Lipinski definition) is 4. The lowest BCUT2D eigenvalue weighted by molar-refractivity contribution is 0.101. The standard InChI is InChI=1S/C14H20N2O3S/c1-11(17)12-5-4-7-14(9-12)20(18,19)16-10-13-6-2-3-8-15-13/h4-5,7,9,13,15-16H,2-3,6,8,10H2,1H3. The van der Waals surface area contributed by atoms with E-state index in [0.29, 0.717) is 12.1 Å². The van der Waals surface area contributed by atoms with Crippen LogP contribution >= 0.6 is 0 Å². The smallest absolute Gasteiger partial charge is 0.240 e. The summed E-state index contributed by atoms with van der Waals surface area (Å²) in [6.07, 6.45) is 3.25. The Morgan fingerprint density at radius 1 is 1.40 bits per heavy atom. The minimum absolute atomic E-state index is 0.140. The number of ketones is 1. The number of nitrogens with one attached hydrogen (secondary N) is 2. The van der Waals surface area contributed by atoms with Crippen molar-refractivity contribution in [2.45, 2.75) is 37.1 Å². The second kappa shape index (κ2) is 6.47. The fraction of sp³-hybridized carbons (Fsp3) is 0.500. The fourth-order valence-electron chi connectivity index (χ4n) is 2.27. The van der Waals surface area contributed by atoms with Crippen molar-refractivity contribution in [1.82, 2.24) is 10.0 Å². The van der Waals surface area contributed by atoms with E-state index in [4.69, 9.17) is 0 Å². The van der Waals surface area contributed by atoms with E-state index in [9.17, 15) is 13.2 Å². The molecular weight excluding hydrogens is 276 g/mol. The topological polar surface area (TPSA) is 75.3 Å². The van der Waals surface area contributed by atoms with Gasteiger partial charge in [0.2, 0.25) is 10.0 Å². The summed E-state index contributed by atoms with van der Waals surface area (Å²) < 4.78 is 27.0. The fourth-order valence-corrected chi connectivity index (χ4v) is 3.40. The number of benzene rings is 1. The molecule has 1 saturated heterocycles. The van der Waals surface area contributed by atoms with Gasteiger partial charge in [-0.05, 0) is 38.4 Å². The number of hydrogen-bond donors (Lipinski definition) is 2. The highest BCUT2D eigenvalue weighted by atomic mass is 32.2. The molecule has 2 N–H and O–H groups in total. The molecule has 0 radical (unpaired) electrons. The zero-order valence-corrected chi connectivity index (χ0v) is 12.4. The van der Waals surface area contributed by atoms with Crippen LogP contribution < -0.4 is 10.0 Å². The Kier molecular flexibility index (Phi) is 4.91. The van der Waals surface area contributed by atoms with Crippen LogP contribution in [0.15, 0.2) is 29.2 Å². The van der Waals surface area contributed by atoms with Crippen molar-refractivity contribution in [1.29, 1.82) is 0 Å². The first-order valence-corrected chi connectivity index (χ1v) is 8.31. The largest absolute Gasteiger partial charge is 0.313 e. The van der Waals surface area contributed by atoms with E-state index in [1.165, 1.54) is 19.1 Å². The predicted octanol–water partition coefficient (Wildman–Crippen LogP) is 1.31. The van der Waals surface area contributed by atoms with Crippen molar-refractivity contribution < 1.29 is 13.2 Å². The Balaban J connectivity index is 2.05. The first kappa shape index (κ1) is 15.2. The Morgan fingerprint density at radius 3 is 2.85 bits per heavy atom. The molecule has 2 rings (SSSR count). The maximum atomic E-state index is 12.2. The Bertz CT molecular complexity index is 578. The van der Waals surface area contributed by atoms with Gasteiger partial charge in [0.15, 0.2) is 5.78 Å². The molecule has 1 fully saturated rings. The van der Waals surface area contributed by atoms with Crippen LogP contribution in [0.1, 0.15) is 36.5 Å². The summed E-state index contributed by atoms with van der Waals surface area (Å²) >= 11 is 0. The molecule has 1 aliphatic rings. The minimum atomic E-state index is -3.56. The van der Waals surface area contributed by atoms with Crippen LogP contribution in [-0.2, 0) is 10.0 Å². The molecule has 0 saturated carbocycles. The van der Waals surface area contributed by atoms with Crippen molar-refractivity contribution in [3.63, 3.8) is 0 Å². The van der Waals surface area contributed by atoms with Crippen LogP contribution in [0.4, 0.5) is 0 Å². The molecule has 1 unspecified atom stereocenters. The van der Waals surface area contributed by atoms with E-state index in [-0.39, 0.29) is 16.7 Å². The number of carbonyl (C=O) groups is 1. The van der Waals surface area contributed by atoms with Gasteiger partial charge in [-0.2, -0.15) is 0 Å². The van der Waals surface area contributed by atoms with Gasteiger partial charge >= 0.3 is 0 Å². The van der Waals surface area contributed by atoms with E-state index in [2.05, 4.69) is 10.0 Å². The summed E-state index contributed by atoms with van der Waals surface area (Å²) in [6.45, 7) is 2.74. The van der Waals surface area contributed by atoms with Crippen LogP contribution in [0.5, 0.6) is 0 Å². The van der Waals surface area contributed by atoms with Gasteiger partial charge in [0.25, 0.3) is 0 Å². The third-order valence-corrected chi connectivity index (χ3v) is 4.90. The van der Waals surface area contributed by atoms with Crippen LogP contribution in [0.2, 0.25) is 0 Å². The first-order valence-electron chi connectivity index (χ1n) is 6.83. The highest BCUT2D eigenvalue weighted by molar-refractivity contribution is 7.89. The molecule has 0 bridgehead atoms. The lowest BCUT2D eigenvalue weighted by atomic mass is 10.1. The third-order valence-electron chi connectivity index (χ3n) is 3.48. The summed E-state index contributed by atoms with van der Waals surface area (Å²) in [5.41, 5.74) is 0.406. The molecule has 110 valence electrons. The van der Waals surface area contributed by atoms with Gasteiger partial charge in [-0.1, -0.05) is 18.6 Å². The molecule has 6 heteroatoms. The van der Waals surface area contributed by atoms with Crippen molar-refractivity contribution in [2.75, 3.05) is 13.1 Å². The van der Waals surface area contributed by atoms with Gasteiger partial charge in [-0.15, -0.1) is 0 Å². The van der Waals surface area contributed by atoms with Crippen LogP contribution in [0, 0.1) is 0 Å². The van der Waals surface area contributed by atoms with Crippen molar-refractivity contribution in [3.8, 4) is 0 Å². The third kappa shape index (κ3) is 3.88. The predicted molar refractivity (Wildman–Crippen MR) is 77.3 cm³/mol. The van der Waals surface area contributed by atoms with E-state index < -0.39 is 10.0 Å². The van der Waals surface area contributed by atoms with Crippen LogP contribution in [-0.4, -0.2) is 33.3 Å². The Hall–Kier alpha value is -1.24. The van der Waals surface area contributed by atoms with Gasteiger partial charge in [0.05, 0.1) is 4.90 Å². The van der Waals surface area contributed by atoms with E-state index in [1.807, 2.05) is 0 Å². The zero-order chi connectivity index (χ0) is 14.6. The van der Waals surface area contributed by atoms with Crippen LogP contribution in [0.3, 0.4) is 0 Å². The lowest BCUT2D eigenvalue weighted by Gasteiger charge is -2.23. The van der Waals surface area contributed by atoms with E-state index in [1.54, 1.807) is 12.1 Å². The Labute approximate surface area is 119 Å². The molecule has 1 heterocycles. The molecule has 0 amide bonds. The average molecular weight is 296 g/mol. The summed E-state index contributed by atoms with van der Waals surface area (Å²) in [5, 5.41) is 3.29. The quantitative estimate of drug-likeness (QED) is 0.803. The molecular formula is C14H20N2O3S. The van der Waals surface area contributed by atoms with Gasteiger partial charge in [0, 0.05) is 18.2 Å². The molecule has 0 aliphatic carbocycles. The highest BCUT2D eigenvalue weighted by Gasteiger charge is 2.19. The summed E-state index contributed by atoms with van der Waals surface area (Å²) in [5.74, 6) is -0.143. The van der Waals surface area contributed by atoms with E-state index >= 15 is 0 Å². The summed E-state index contributed by atoms with van der Waals surface area (Å²) in [6, 6.07) is 6.31. The van der Waals surface area contributed by atoms with Crippen molar-refractivity contribution in [2.24, 2.45) is 0 Å². The SMILES string of the molecule is CC(=O)c1cccc(S(=O)(=O)NCC2CCCCN2)c1. The monoisotopic (exact) mass is 296 g/mol. The molecule has 1 aromatic rings. The van der Waals surface area contributed by atoms with Gasteiger partial charge in [0.1, 0.15) is 0 Å². The second-order valence-electron chi connectivity index (χ2n) is 5.08. The molecule has 0 spiro atoms. The van der Waals surface area contributed by atoms with Crippen molar-refractivity contribution >= 4 is 15.8 Å². The Morgan fingerprint density at radius 2 is 2.20 bits per heavy atom. The molecule has 0 aromatic heterocycles. The van der Waals surface area contributed by atoms with Crippen molar-refractivity contribution in [3.05, 3.63) is 29.8 Å². The van der Waals surface area contributed by atoms with E-state index in [0.717, 1.165) is 25.8 Å². The molecule has 20 heavy (non-hydrogen) atoms. The second-order valence-corrected chi connectivity index (χ2v) is 6.85. The number of rotatable bonds is 5. The highest BCUT2D eigenvalue weighted by Crippen LogP contribution is 2.13. The number of piperidine rings is 1. The molecule has 1 aromatic carbocycles. The average Bonchev–Trinajstić information content (AvgIpc) is 2.46. The van der Waals surface area contributed by atoms with Gasteiger partial charge in [-0.25, -0.2) is 13.1 Å². The molecule has 1 atom stereocenters. The lowest BCUT2D eigenvalue weighted by Crippen LogP contribution is -2.43. The van der Waals surface area contributed by atoms with Gasteiger partial charge < -0.3 is 5.32 Å². The van der Waals surface area contributed by atoms with Crippen LogP contribution in [0.25, 0.3) is 0 Å². The molecule has 5 nitrogen and oxygen atoms in total.